The van der Waals surface area contributed by atoms with Gasteiger partial charge in [-0.05, 0) is 28.8 Å². The summed E-state index contributed by atoms with van der Waals surface area (Å²) in [5.41, 5.74) is 2.10. The van der Waals surface area contributed by atoms with Gasteiger partial charge < -0.3 is 5.32 Å². The maximum atomic E-state index is 4.40. The number of hydrogen-bond acceptors (Lipinski definition) is 3. The molecule has 0 atom stereocenters. The summed E-state index contributed by atoms with van der Waals surface area (Å²) in [5.74, 6) is 0. The van der Waals surface area contributed by atoms with Crippen LogP contribution in [0.1, 0.15) is 50.6 Å². The standard InChI is InChI=1S/C15H21BrN4/c16-14-11-20-13(9-19-15(20)10-18-14)8-17-12-6-4-2-1-3-5-7-12/h9-12,17H,1-8H2. The maximum absolute atomic E-state index is 4.40. The Hall–Kier alpha value is -0.940. The molecule has 2 aromatic heterocycles. The Morgan fingerprint density at radius 2 is 1.85 bits per heavy atom. The minimum atomic E-state index is 0.658. The molecule has 1 saturated carbocycles. The molecule has 1 aliphatic carbocycles. The first kappa shape index (κ1) is 14.0. The fourth-order valence-electron chi connectivity index (χ4n) is 2.96. The summed E-state index contributed by atoms with van der Waals surface area (Å²) in [6, 6.07) is 0.658. The lowest BCUT2D eigenvalue weighted by Gasteiger charge is -2.20. The van der Waals surface area contributed by atoms with Crippen molar-refractivity contribution >= 4 is 21.6 Å². The lowest BCUT2D eigenvalue weighted by Crippen LogP contribution is -2.29. The lowest BCUT2D eigenvalue weighted by molar-refractivity contribution is 0.387. The van der Waals surface area contributed by atoms with Crippen LogP contribution in [-0.4, -0.2) is 20.4 Å². The summed E-state index contributed by atoms with van der Waals surface area (Å²) >= 11 is 3.42. The van der Waals surface area contributed by atoms with Crippen LogP contribution in [0, 0.1) is 0 Å². The van der Waals surface area contributed by atoms with Gasteiger partial charge in [-0.1, -0.05) is 32.1 Å². The van der Waals surface area contributed by atoms with Crippen molar-refractivity contribution in [2.24, 2.45) is 0 Å². The van der Waals surface area contributed by atoms with Crippen LogP contribution in [-0.2, 0) is 6.54 Å². The number of hydrogen-bond donors (Lipinski definition) is 1. The zero-order valence-electron chi connectivity index (χ0n) is 11.7. The Morgan fingerprint density at radius 3 is 2.65 bits per heavy atom. The van der Waals surface area contributed by atoms with Gasteiger partial charge in [0.2, 0.25) is 0 Å². The van der Waals surface area contributed by atoms with Crippen LogP contribution in [0.2, 0.25) is 0 Å². The molecule has 0 unspecified atom stereocenters. The summed E-state index contributed by atoms with van der Waals surface area (Å²) in [6.45, 7) is 0.877. The van der Waals surface area contributed by atoms with Gasteiger partial charge in [0.15, 0.2) is 5.65 Å². The minimum Gasteiger partial charge on any atom is -0.308 e. The lowest BCUT2D eigenvalue weighted by atomic mass is 9.97. The summed E-state index contributed by atoms with van der Waals surface area (Å²) < 4.78 is 2.95. The molecule has 0 saturated heterocycles. The highest BCUT2D eigenvalue weighted by Gasteiger charge is 2.12. The van der Waals surface area contributed by atoms with E-state index in [1.807, 2.05) is 12.4 Å². The molecule has 0 bridgehead atoms. The summed E-state index contributed by atoms with van der Waals surface area (Å²) in [6.07, 6.45) is 15.3. The fourth-order valence-corrected chi connectivity index (χ4v) is 3.26. The van der Waals surface area contributed by atoms with Gasteiger partial charge in [-0.2, -0.15) is 0 Å². The molecule has 3 rings (SSSR count). The van der Waals surface area contributed by atoms with E-state index in [0.29, 0.717) is 6.04 Å². The van der Waals surface area contributed by atoms with Gasteiger partial charge >= 0.3 is 0 Å². The number of fused-ring (bicyclic) bond motifs is 1. The highest BCUT2D eigenvalue weighted by atomic mass is 79.9. The zero-order valence-corrected chi connectivity index (χ0v) is 13.3. The Bertz CT molecular complexity index is 558. The van der Waals surface area contributed by atoms with Crippen molar-refractivity contribution in [3.05, 3.63) is 28.9 Å². The SMILES string of the molecule is Brc1cn2c(CNC3CCCCCCC3)cnc2cn1. The van der Waals surface area contributed by atoms with Crippen LogP contribution in [0.4, 0.5) is 0 Å². The predicted molar refractivity (Wildman–Crippen MR) is 83.6 cm³/mol. The smallest absolute Gasteiger partial charge is 0.155 e. The Morgan fingerprint density at radius 1 is 1.10 bits per heavy atom. The van der Waals surface area contributed by atoms with Crippen molar-refractivity contribution in [2.75, 3.05) is 0 Å². The molecule has 0 aromatic carbocycles. The maximum Gasteiger partial charge on any atom is 0.155 e. The van der Waals surface area contributed by atoms with Gasteiger partial charge in [0.25, 0.3) is 0 Å². The molecule has 108 valence electrons. The van der Waals surface area contributed by atoms with E-state index in [4.69, 9.17) is 0 Å². The number of aromatic nitrogens is 3. The number of imidazole rings is 1. The topological polar surface area (TPSA) is 42.2 Å². The van der Waals surface area contributed by atoms with Gasteiger partial charge in [-0.25, -0.2) is 9.97 Å². The van der Waals surface area contributed by atoms with Gasteiger partial charge in [0.1, 0.15) is 4.60 Å². The number of nitrogens with zero attached hydrogens (tertiary/aromatic N) is 3. The minimum absolute atomic E-state index is 0.658. The molecule has 0 spiro atoms. The monoisotopic (exact) mass is 336 g/mol. The third-order valence-corrected chi connectivity index (χ3v) is 4.53. The summed E-state index contributed by atoms with van der Waals surface area (Å²) in [5, 5.41) is 3.71. The second-order valence-electron chi connectivity index (χ2n) is 5.61. The molecule has 20 heavy (non-hydrogen) atoms. The molecule has 0 amide bonds. The van der Waals surface area contributed by atoms with Crippen molar-refractivity contribution in [3.63, 3.8) is 0 Å². The number of nitrogens with one attached hydrogen (secondary N) is 1. The van der Waals surface area contributed by atoms with E-state index in [1.165, 1.54) is 50.6 Å². The second-order valence-corrected chi connectivity index (χ2v) is 6.42. The largest absolute Gasteiger partial charge is 0.308 e. The van der Waals surface area contributed by atoms with Gasteiger partial charge in [-0.3, -0.25) is 4.40 Å². The van der Waals surface area contributed by atoms with E-state index in [0.717, 1.165) is 16.8 Å². The molecular formula is C15H21BrN4. The predicted octanol–water partition coefficient (Wildman–Crippen LogP) is 3.69. The number of halogens is 1. The molecular weight excluding hydrogens is 316 g/mol. The van der Waals surface area contributed by atoms with Crippen molar-refractivity contribution < 1.29 is 0 Å². The molecule has 2 heterocycles. The van der Waals surface area contributed by atoms with Crippen molar-refractivity contribution in [2.45, 2.75) is 57.5 Å². The normalized spacial score (nSPS) is 18.1. The van der Waals surface area contributed by atoms with E-state index in [1.54, 1.807) is 6.20 Å². The van der Waals surface area contributed by atoms with E-state index in [-0.39, 0.29) is 0 Å². The van der Waals surface area contributed by atoms with Crippen LogP contribution >= 0.6 is 15.9 Å². The van der Waals surface area contributed by atoms with E-state index >= 15 is 0 Å². The number of rotatable bonds is 3. The fraction of sp³-hybridized carbons (Fsp3) is 0.600. The second kappa shape index (κ2) is 6.68. The third kappa shape index (κ3) is 3.38. The van der Waals surface area contributed by atoms with Gasteiger partial charge in [-0.15, -0.1) is 0 Å². The molecule has 4 nitrogen and oxygen atoms in total. The Labute approximate surface area is 128 Å². The van der Waals surface area contributed by atoms with Gasteiger partial charge in [0.05, 0.1) is 18.1 Å². The molecule has 1 N–H and O–H groups in total. The van der Waals surface area contributed by atoms with E-state index in [2.05, 4.69) is 35.6 Å². The van der Waals surface area contributed by atoms with Gasteiger partial charge in [0, 0.05) is 18.8 Å². The Kier molecular flexibility index (Phi) is 4.68. The molecule has 0 radical (unpaired) electrons. The molecule has 1 fully saturated rings. The molecule has 0 aliphatic heterocycles. The van der Waals surface area contributed by atoms with Crippen molar-refractivity contribution in [3.8, 4) is 0 Å². The van der Waals surface area contributed by atoms with Crippen LogP contribution < -0.4 is 5.32 Å². The van der Waals surface area contributed by atoms with Crippen LogP contribution in [0.5, 0.6) is 0 Å². The Balaban J connectivity index is 1.65. The van der Waals surface area contributed by atoms with Crippen molar-refractivity contribution in [1.29, 1.82) is 0 Å². The first-order valence-electron chi connectivity index (χ1n) is 7.54. The highest BCUT2D eigenvalue weighted by molar-refractivity contribution is 9.10. The molecule has 2 aromatic rings. The molecule has 5 heteroatoms. The quantitative estimate of drug-likeness (QED) is 0.929. The molecule has 1 aliphatic rings. The summed E-state index contributed by atoms with van der Waals surface area (Å²) in [7, 11) is 0. The van der Waals surface area contributed by atoms with E-state index < -0.39 is 0 Å². The average Bonchev–Trinajstić information content (AvgIpc) is 2.80. The van der Waals surface area contributed by atoms with Crippen LogP contribution in [0.15, 0.2) is 23.2 Å². The van der Waals surface area contributed by atoms with Crippen molar-refractivity contribution in [1.82, 2.24) is 19.7 Å². The third-order valence-electron chi connectivity index (χ3n) is 4.12. The summed E-state index contributed by atoms with van der Waals surface area (Å²) in [4.78, 5) is 8.60. The van der Waals surface area contributed by atoms with Crippen LogP contribution in [0.25, 0.3) is 5.65 Å². The average molecular weight is 337 g/mol. The highest BCUT2D eigenvalue weighted by Crippen LogP contribution is 2.18. The first-order valence-corrected chi connectivity index (χ1v) is 8.33. The first-order chi connectivity index (χ1) is 9.83. The zero-order chi connectivity index (χ0) is 13.8. The van der Waals surface area contributed by atoms with Crippen LogP contribution in [0.3, 0.4) is 0 Å². The van der Waals surface area contributed by atoms with E-state index in [9.17, 15) is 0 Å².